The summed E-state index contributed by atoms with van der Waals surface area (Å²) in [6.45, 7) is 0. The molecule has 0 heterocycles. The number of hydrogen-bond acceptors (Lipinski definition) is 2. The molecule has 66 valence electrons. The van der Waals surface area contributed by atoms with Gasteiger partial charge in [0.15, 0.2) is 0 Å². The lowest BCUT2D eigenvalue weighted by atomic mass is 9.73. The summed E-state index contributed by atoms with van der Waals surface area (Å²) in [6.07, 6.45) is 7.64. The van der Waals surface area contributed by atoms with Gasteiger partial charge in [-0.05, 0) is 24.7 Å². The van der Waals surface area contributed by atoms with E-state index in [0.29, 0.717) is 11.8 Å². The molecule has 3 aliphatic rings. The fourth-order valence-electron chi connectivity index (χ4n) is 2.55. The van der Waals surface area contributed by atoms with Crippen molar-refractivity contribution in [2.45, 2.75) is 19.3 Å². The molecule has 0 aromatic heterocycles. The number of fused-ring (bicyclic) bond motifs is 3. The molecule has 0 radical (unpaired) electrons. The van der Waals surface area contributed by atoms with Gasteiger partial charge in [-0.1, -0.05) is 18.6 Å². The molecule has 0 unspecified atom stereocenters. The summed E-state index contributed by atoms with van der Waals surface area (Å²) in [7, 11) is 0. The number of allylic oxidation sites excluding steroid dienone is 2. The molecule has 2 heteroatoms. The standard InChI is InChI=1S/C11H12N2/c12-6-10-8-2-1-3-9(5-4-8)11(10)7-13/h4-5,8-11H,1-3H2/t8-,9+,10+,11-. The number of nitriles is 2. The van der Waals surface area contributed by atoms with Gasteiger partial charge in [0.25, 0.3) is 0 Å². The van der Waals surface area contributed by atoms with E-state index >= 15 is 0 Å². The maximum Gasteiger partial charge on any atom is 0.0689 e. The van der Waals surface area contributed by atoms with Gasteiger partial charge in [-0.15, -0.1) is 0 Å². The first kappa shape index (κ1) is 8.32. The monoisotopic (exact) mass is 172 g/mol. The van der Waals surface area contributed by atoms with E-state index in [-0.39, 0.29) is 11.8 Å². The molecule has 0 aromatic rings. The molecule has 0 saturated heterocycles. The van der Waals surface area contributed by atoms with Crippen LogP contribution in [0.4, 0.5) is 0 Å². The Morgan fingerprint density at radius 2 is 1.38 bits per heavy atom. The molecule has 0 aliphatic heterocycles. The van der Waals surface area contributed by atoms with Gasteiger partial charge in [0.1, 0.15) is 0 Å². The van der Waals surface area contributed by atoms with Crippen LogP contribution < -0.4 is 0 Å². The van der Waals surface area contributed by atoms with E-state index in [9.17, 15) is 0 Å². The molecule has 3 aliphatic carbocycles. The Bertz CT molecular complexity index is 275. The molecule has 0 N–H and O–H groups in total. The van der Waals surface area contributed by atoms with Crippen molar-refractivity contribution in [3.63, 3.8) is 0 Å². The Kier molecular flexibility index (Phi) is 2.07. The van der Waals surface area contributed by atoms with Gasteiger partial charge in [-0.2, -0.15) is 10.5 Å². The summed E-state index contributed by atoms with van der Waals surface area (Å²) >= 11 is 0. The lowest BCUT2D eigenvalue weighted by Crippen LogP contribution is -2.26. The average Bonchev–Trinajstić information content (AvgIpc) is 2.49. The van der Waals surface area contributed by atoms with Gasteiger partial charge < -0.3 is 0 Å². The van der Waals surface area contributed by atoms with Gasteiger partial charge in [-0.25, -0.2) is 0 Å². The van der Waals surface area contributed by atoms with E-state index in [1.54, 1.807) is 0 Å². The van der Waals surface area contributed by atoms with Crippen LogP contribution in [0, 0.1) is 46.3 Å². The van der Waals surface area contributed by atoms with Crippen molar-refractivity contribution in [1.29, 1.82) is 10.5 Å². The van der Waals surface area contributed by atoms with Crippen molar-refractivity contribution in [2.24, 2.45) is 23.7 Å². The van der Waals surface area contributed by atoms with Gasteiger partial charge in [0, 0.05) is 0 Å². The molecule has 1 saturated carbocycles. The molecule has 0 amide bonds. The lowest BCUT2D eigenvalue weighted by Gasteiger charge is -2.27. The minimum Gasteiger partial charge on any atom is -0.198 e. The molecular formula is C11H12N2. The Labute approximate surface area is 78.5 Å². The quantitative estimate of drug-likeness (QED) is 0.526. The largest absolute Gasteiger partial charge is 0.198 e. The zero-order valence-corrected chi connectivity index (χ0v) is 7.48. The minimum atomic E-state index is -0.0532. The Morgan fingerprint density at radius 3 is 1.77 bits per heavy atom. The Hall–Kier alpha value is -1.28. The lowest BCUT2D eigenvalue weighted by molar-refractivity contribution is 0.329. The highest BCUT2D eigenvalue weighted by molar-refractivity contribution is 5.17. The van der Waals surface area contributed by atoms with Gasteiger partial charge in [0.05, 0.1) is 24.0 Å². The van der Waals surface area contributed by atoms with Crippen LogP contribution in [0.15, 0.2) is 12.2 Å². The fraction of sp³-hybridized carbons (Fsp3) is 0.636. The minimum absolute atomic E-state index is 0.0532. The van der Waals surface area contributed by atoms with Crippen molar-refractivity contribution in [3.8, 4) is 12.1 Å². The maximum absolute atomic E-state index is 9.00. The van der Waals surface area contributed by atoms with E-state index in [1.165, 1.54) is 6.42 Å². The zero-order valence-electron chi connectivity index (χ0n) is 7.48. The van der Waals surface area contributed by atoms with E-state index in [0.717, 1.165) is 12.8 Å². The van der Waals surface area contributed by atoms with Crippen LogP contribution in [0.25, 0.3) is 0 Å². The molecule has 4 atom stereocenters. The Balaban J connectivity index is 2.34. The second-order valence-electron chi connectivity index (χ2n) is 3.95. The van der Waals surface area contributed by atoms with Crippen molar-refractivity contribution >= 4 is 0 Å². The van der Waals surface area contributed by atoms with Crippen LogP contribution in [-0.4, -0.2) is 0 Å². The van der Waals surface area contributed by atoms with E-state index in [2.05, 4.69) is 24.3 Å². The topological polar surface area (TPSA) is 47.6 Å². The number of rotatable bonds is 0. The molecule has 0 spiro atoms. The predicted octanol–water partition coefficient (Wildman–Crippen LogP) is 2.25. The first-order valence-corrected chi connectivity index (χ1v) is 4.84. The van der Waals surface area contributed by atoms with Crippen molar-refractivity contribution in [3.05, 3.63) is 12.2 Å². The summed E-state index contributed by atoms with van der Waals surface area (Å²) < 4.78 is 0. The van der Waals surface area contributed by atoms with Crippen molar-refractivity contribution in [2.75, 3.05) is 0 Å². The summed E-state index contributed by atoms with van der Waals surface area (Å²) in [5.74, 6) is 0.576. The summed E-state index contributed by atoms with van der Waals surface area (Å²) in [5, 5.41) is 18.0. The molecule has 1 fully saturated rings. The molecule has 13 heavy (non-hydrogen) atoms. The third-order valence-corrected chi connectivity index (χ3v) is 3.29. The van der Waals surface area contributed by atoms with E-state index < -0.39 is 0 Å². The fourth-order valence-corrected chi connectivity index (χ4v) is 2.55. The molecule has 2 nitrogen and oxygen atoms in total. The van der Waals surface area contributed by atoms with E-state index in [4.69, 9.17) is 10.5 Å². The van der Waals surface area contributed by atoms with E-state index in [1.807, 2.05) is 0 Å². The predicted molar refractivity (Wildman–Crippen MR) is 48.2 cm³/mol. The van der Waals surface area contributed by atoms with Gasteiger partial charge in [0.2, 0.25) is 0 Å². The highest BCUT2D eigenvalue weighted by atomic mass is 14.4. The Morgan fingerprint density at radius 1 is 0.923 bits per heavy atom. The second-order valence-corrected chi connectivity index (χ2v) is 3.95. The SMILES string of the molecule is N#C[C@@H]1[C@H](C#N)[C@@H]2C=C[C@H]1CCC2. The molecule has 0 aromatic carbocycles. The third kappa shape index (κ3) is 1.23. The first-order chi connectivity index (χ1) is 6.36. The van der Waals surface area contributed by atoms with Crippen LogP contribution in [0.1, 0.15) is 19.3 Å². The number of nitrogens with zero attached hydrogens (tertiary/aromatic N) is 2. The molecule has 3 rings (SSSR count). The van der Waals surface area contributed by atoms with Crippen LogP contribution in [0.2, 0.25) is 0 Å². The highest BCUT2D eigenvalue weighted by Crippen LogP contribution is 2.41. The zero-order chi connectivity index (χ0) is 9.26. The van der Waals surface area contributed by atoms with Crippen LogP contribution in [0.5, 0.6) is 0 Å². The average molecular weight is 172 g/mol. The molecular weight excluding hydrogens is 160 g/mol. The normalized spacial score (nSPS) is 42.0. The summed E-state index contributed by atoms with van der Waals surface area (Å²) in [5.41, 5.74) is 0. The second kappa shape index (κ2) is 3.23. The number of hydrogen-bond donors (Lipinski definition) is 0. The van der Waals surface area contributed by atoms with Gasteiger partial charge in [-0.3, -0.25) is 0 Å². The summed E-state index contributed by atoms with van der Waals surface area (Å²) in [4.78, 5) is 0. The maximum atomic E-state index is 9.00. The van der Waals surface area contributed by atoms with Gasteiger partial charge >= 0.3 is 0 Å². The van der Waals surface area contributed by atoms with Crippen molar-refractivity contribution < 1.29 is 0 Å². The smallest absolute Gasteiger partial charge is 0.0689 e. The molecule has 2 bridgehead atoms. The van der Waals surface area contributed by atoms with Crippen molar-refractivity contribution in [1.82, 2.24) is 0 Å². The highest BCUT2D eigenvalue weighted by Gasteiger charge is 2.38. The van der Waals surface area contributed by atoms with Crippen LogP contribution in [-0.2, 0) is 0 Å². The first-order valence-electron chi connectivity index (χ1n) is 4.84. The van der Waals surface area contributed by atoms with Crippen LogP contribution >= 0.6 is 0 Å². The third-order valence-electron chi connectivity index (χ3n) is 3.29. The summed E-state index contributed by atoms with van der Waals surface area (Å²) in [6, 6.07) is 4.61. The van der Waals surface area contributed by atoms with Crippen LogP contribution in [0.3, 0.4) is 0 Å².